The molecule has 0 spiro atoms. The van der Waals surface area contributed by atoms with Crippen LogP contribution in [-0.2, 0) is 0 Å². The van der Waals surface area contributed by atoms with E-state index in [1.165, 1.54) is 0 Å². The van der Waals surface area contributed by atoms with Crippen molar-refractivity contribution in [3.05, 3.63) is 12.2 Å². The van der Waals surface area contributed by atoms with Crippen molar-refractivity contribution >= 4 is 0 Å². The van der Waals surface area contributed by atoms with E-state index in [9.17, 15) is 0 Å². The molecule has 0 rings (SSSR count). The molecule has 0 aromatic heterocycles. The SMILES string of the molecule is C.CC(C)(C)C=CC(C)(C)C. The van der Waals surface area contributed by atoms with E-state index in [0.29, 0.717) is 10.8 Å². The van der Waals surface area contributed by atoms with Gasteiger partial charge in [0.1, 0.15) is 0 Å². The van der Waals surface area contributed by atoms with Crippen molar-refractivity contribution < 1.29 is 0 Å². The molecular formula is C11H24. The second-order valence-electron chi connectivity index (χ2n) is 5.07. The van der Waals surface area contributed by atoms with Gasteiger partial charge in [0.25, 0.3) is 0 Å². The summed E-state index contributed by atoms with van der Waals surface area (Å²) in [5, 5.41) is 0. The van der Waals surface area contributed by atoms with Crippen molar-refractivity contribution in [1.29, 1.82) is 0 Å². The molecule has 0 radical (unpaired) electrons. The lowest BCUT2D eigenvalue weighted by molar-refractivity contribution is 0.502. The third kappa shape index (κ3) is 12.8. The van der Waals surface area contributed by atoms with E-state index in [0.717, 1.165) is 0 Å². The van der Waals surface area contributed by atoms with Crippen molar-refractivity contribution in [3.8, 4) is 0 Å². The van der Waals surface area contributed by atoms with Crippen LogP contribution in [0.1, 0.15) is 49.0 Å². The molecule has 0 saturated heterocycles. The van der Waals surface area contributed by atoms with Crippen LogP contribution in [0, 0.1) is 10.8 Å². The zero-order chi connectivity index (χ0) is 8.41. The van der Waals surface area contributed by atoms with Crippen LogP contribution in [0.25, 0.3) is 0 Å². The minimum atomic E-state index is 0. The normalized spacial score (nSPS) is 13.3. The molecule has 0 amide bonds. The van der Waals surface area contributed by atoms with Crippen LogP contribution in [0.2, 0.25) is 0 Å². The fourth-order valence-corrected chi connectivity index (χ4v) is 0.500. The summed E-state index contributed by atoms with van der Waals surface area (Å²) in [4.78, 5) is 0. The van der Waals surface area contributed by atoms with E-state index < -0.39 is 0 Å². The molecule has 0 aromatic rings. The maximum Gasteiger partial charge on any atom is -0.0203 e. The molecular weight excluding hydrogens is 132 g/mol. The Hall–Kier alpha value is -0.260. The summed E-state index contributed by atoms with van der Waals surface area (Å²) >= 11 is 0. The van der Waals surface area contributed by atoms with Gasteiger partial charge in [0.05, 0.1) is 0 Å². The van der Waals surface area contributed by atoms with E-state index in [-0.39, 0.29) is 7.43 Å². The lowest BCUT2D eigenvalue weighted by Gasteiger charge is -2.17. The Balaban J connectivity index is 0. The van der Waals surface area contributed by atoms with Crippen molar-refractivity contribution in [1.82, 2.24) is 0 Å². The summed E-state index contributed by atoms with van der Waals surface area (Å²) in [5.41, 5.74) is 0.653. The smallest absolute Gasteiger partial charge is 0.0203 e. The first kappa shape index (κ1) is 13.3. The molecule has 0 heteroatoms. The molecule has 0 atom stereocenters. The van der Waals surface area contributed by atoms with Crippen LogP contribution in [0.15, 0.2) is 12.2 Å². The molecule has 0 aliphatic carbocycles. The molecule has 11 heavy (non-hydrogen) atoms. The fraction of sp³-hybridized carbons (Fsp3) is 0.818. The molecule has 0 unspecified atom stereocenters. The number of hydrogen-bond donors (Lipinski definition) is 0. The Labute approximate surface area is 72.7 Å². The average Bonchev–Trinajstić information content (AvgIpc) is 1.57. The molecule has 0 nitrogen and oxygen atoms in total. The van der Waals surface area contributed by atoms with Gasteiger partial charge in [-0.25, -0.2) is 0 Å². The Kier molecular flexibility index (Phi) is 4.78. The molecule has 0 aromatic carbocycles. The standard InChI is InChI=1S/C10H20.CH4/c1-9(2,3)7-8-10(4,5)6;/h7-8H,1-6H3;1H4. The van der Waals surface area contributed by atoms with Crippen molar-refractivity contribution in [2.24, 2.45) is 10.8 Å². The largest absolute Gasteiger partial charge is 0.0826 e. The molecule has 0 bridgehead atoms. The van der Waals surface area contributed by atoms with Gasteiger partial charge in [-0.3, -0.25) is 0 Å². The lowest BCUT2D eigenvalue weighted by Crippen LogP contribution is -2.04. The van der Waals surface area contributed by atoms with Gasteiger partial charge in [-0.1, -0.05) is 61.1 Å². The van der Waals surface area contributed by atoms with Crippen LogP contribution in [0.4, 0.5) is 0 Å². The van der Waals surface area contributed by atoms with Gasteiger partial charge in [-0.2, -0.15) is 0 Å². The Bertz CT molecular complexity index is 100.0. The molecule has 68 valence electrons. The predicted octanol–water partition coefficient (Wildman–Crippen LogP) is 4.27. The minimum absolute atomic E-state index is 0. The summed E-state index contributed by atoms with van der Waals surface area (Å²) in [6.07, 6.45) is 4.54. The maximum absolute atomic E-state index is 2.27. The molecule has 0 aliphatic rings. The van der Waals surface area contributed by atoms with Crippen molar-refractivity contribution in [3.63, 3.8) is 0 Å². The minimum Gasteiger partial charge on any atom is -0.0826 e. The highest BCUT2D eigenvalue weighted by molar-refractivity contribution is 4.98. The van der Waals surface area contributed by atoms with Gasteiger partial charge in [0.15, 0.2) is 0 Å². The second kappa shape index (κ2) is 3.94. The van der Waals surface area contributed by atoms with Gasteiger partial charge in [-0.05, 0) is 10.8 Å². The van der Waals surface area contributed by atoms with E-state index in [2.05, 4.69) is 53.7 Å². The quantitative estimate of drug-likeness (QED) is 0.459. The van der Waals surface area contributed by atoms with Gasteiger partial charge >= 0.3 is 0 Å². The summed E-state index contributed by atoms with van der Waals surface area (Å²) in [7, 11) is 0. The van der Waals surface area contributed by atoms with Crippen molar-refractivity contribution in [2.45, 2.75) is 49.0 Å². The van der Waals surface area contributed by atoms with Crippen LogP contribution in [0.3, 0.4) is 0 Å². The average molecular weight is 156 g/mol. The highest BCUT2D eigenvalue weighted by Gasteiger charge is 2.08. The highest BCUT2D eigenvalue weighted by atomic mass is 14.1. The molecule has 0 heterocycles. The summed E-state index contributed by atoms with van der Waals surface area (Å²) in [5.74, 6) is 0. The first-order valence-electron chi connectivity index (χ1n) is 3.91. The number of rotatable bonds is 0. The monoisotopic (exact) mass is 156 g/mol. The van der Waals surface area contributed by atoms with Crippen LogP contribution in [0.5, 0.6) is 0 Å². The highest BCUT2D eigenvalue weighted by Crippen LogP contribution is 2.21. The Morgan fingerprint density at radius 1 is 0.636 bits per heavy atom. The Morgan fingerprint density at radius 3 is 0.909 bits per heavy atom. The summed E-state index contributed by atoms with van der Waals surface area (Å²) < 4.78 is 0. The maximum atomic E-state index is 2.27. The van der Waals surface area contributed by atoms with E-state index in [4.69, 9.17) is 0 Å². The van der Waals surface area contributed by atoms with Gasteiger partial charge < -0.3 is 0 Å². The van der Waals surface area contributed by atoms with E-state index in [1.807, 2.05) is 0 Å². The predicted molar refractivity (Wildman–Crippen MR) is 54.8 cm³/mol. The fourth-order valence-electron chi connectivity index (χ4n) is 0.500. The third-order valence-corrected chi connectivity index (χ3v) is 1.08. The first-order chi connectivity index (χ1) is 4.21. The molecule has 0 saturated carbocycles. The van der Waals surface area contributed by atoms with Crippen LogP contribution in [-0.4, -0.2) is 0 Å². The third-order valence-electron chi connectivity index (χ3n) is 1.08. The van der Waals surface area contributed by atoms with E-state index in [1.54, 1.807) is 0 Å². The number of hydrogen-bond acceptors (Lipinski definition) is 0. The molecule has 0 N–H and O–H groups in total. The van der Waals surface area contributed by atoms with E-state index >= 15 is 0 Å². The lowest BCUT2D eigenvalue weighted by atomic mass is 9.89. The topological polar surface area (TPSA) is 0 Å². The van der Waals surface area contributed by atoms with Gasteiger partial charge in [0.2, 0.25) is 0 Å². The van der Waals surface area contributed by atoms with Gasteiger partial charge in [0, 0.05) is 0 Å². The summed E-state index contributed by atoms with van der Waals surface area (Å²) in [6.45, 7) is 13.3. The van der Waals surface area contributed by atoms with Crippen LogP contribution >= 0.6 is 0 Å². The van der Waals surface area contributed by atoms with Gasteiger partial charge in [-0.15, -0.1) is 0 Å². The second-order valence-corrected chi connectivity index (χ2v) is 5.07. The summed E-state index contributed by atoms with van der Waals surface area (Å²) in [6, 6.07) is 0. The zero-order valence-electron chi connectivity index (χ0n) is 8.15. The Morgan fingerprint density at radius 2 is 0.818 bits per heavy atom. The first-order valence-corrected chi connectivity index (χ1v) is 3.91. The van der Waals surface area contributed by atoms with Crippen molar-refractivity contribution in [2.75, 3.05) is 0 Å². The molecule has 0 aliphatic heterocycles. The van der Waals surface area contributed by atoms with Crippen LogP contribution < -0.4 is 0 Å². The zero-order valence-corrected chi connectivity index (χ0v) is 8.15. The number of allylic oxidation sites excluding steroid dienone is 2. The molecule has 0 fully saturated rings.